The summed E-state index contributed by atoms with van der Waals surface area (Å²) >= 11 is 1.46. The van der Waals surface area contributed by atoms with E-state index in [1.165, 1.54) is 11.8 Å². The Balaban J connectivity index is 3.91. The zero-order valence-electron chi connectivity index (χ0n) is 5.39. The molecule has 3 heteroatoms. The number of hydrogen-bond donors (Lipinski definition) is 1. The maximum atomic E-state index is 10.5. The summed E-state index contributed by atoms with van der Waals surface area (Å²) in [4.78, 5) is 10.5. The molecule has 0 aliphatic rings. The molecular weight excluding hydrogens is 122 g/mol. The van der Waals surface area contributed by atoms with Crippen molar-refractivity contribution in [1.82, 2.24) is 0 Å². The fourth-order valence-corrected chi connectivity index (χ4v) is 0.302. The predicted molar refractivity (Wildman–Crippen MR) is 36.8 cm³/mol. The lowest BCUT2D eigenvalue weighted by atomic mass is 10.2. The van der Waals surface area contributed by atoms with E-state index in [-0.39, 0.29) is 5.91 Å². The highest BCUT2D eigenvalue weighted by molar-refractivity contribution is 8.00. The van der Waals surface area contributed by atoms with Crippen molar-refractivity contribution in [2.45, 2.75) is 18.6 Å². The number of hydrogen-bond acceptors (Lipinski definition) is 2. The van der Waals surface area contributed by atoms with Gasteiger partial charge >= 0.3 is 0 Å². The molecule has 0 aromatic heterocycles. The van der Waals surface area contributed by atoms with E-state index in [1.54, 1.807) is 13.8 Å². The first kappa shape index (κ1) is 7.82. The van der Waals surface area contributed by atoms with Crippen LogP contribution >= 0.6 is 11.8 Å². The molecule has 0 spiro atoms. The van der Waals surface area contributed by atoms with Gasteiger partial charge in [-0.15, -0.1) is 11.8 Å². The lowest BCUT2D eigenvalue weighted by Gasteiger charge is -2.15. The van der Waals surface area contributed by atoms with Crippen LogP contribution in [0.2, 0.25) is 0 Å². The summed E-state index contributed by atoms with van der Waals surface area (Å²) in [5.41, 5.74) is 5.02. The molecule has 8 heavy (non-hydrogen) atoms. The van der Waals surface area contributed by atoms with Gasteiger partial charge in [-0.3, -0.25) is 4.79 Å². The van der Waals surface area contributed by atoms with Gasteiger partial charge in [-0.05, 0) is 20.1 Å². The Morgan fingerprint density at radius 3 is 2.00 bits per heavy atom. The first-order chi connectivity index (χ1) is 3.50. The second-order valence-corrected chi connectivity index (χ2v) is 3.51. The molecule has 0 aromatic carbocycles. The summed E-state index contributed by atoms with van der Waals surface area (Å²) in [7, 11) is 0. The van der Waals surface area contributed by atoms with Crippen LogP contribution in [0.1, 0.15) is 13.8 Å². The Labute approximate surface area is 53.8 Å². The van der Waals surface area contributed by atoms with E-state index < -0.39 is 4.75 Å². The SMILES string of the molecule is CSC(C)(C)C(N)=O. The van der Waals surface area contributed by atoms with Gasteiger partial charge in [0, 0.05) is 0 Å². The van der Waals surface area contributed by atoms with Crippen LogP contribution < -0.4 is 5.73 Å². The van der Waals surface area contributed by atoms with Crippen molar-refractivity contribution in [2.75, 3.05) is 6.26 Å². The van der Waals surface area contributed by atoms with Crippen LogP contribution in [0.15, 0.2) is 0 Å². The van der Waals surface area contributed by atoms with Gasteiger partial charge in [0.2, 0.25) is 5.91 Å². The molecule has 2 N–H and O–H groups in total. The Morgan fingerprint density at radius 2 is 2.00 bits per heavy atom. The summed E-state index contributed by atoms with van der Waals surface area (Å²) in [5.74, 6) is -0.259. The molecule has 0 aromatic rings. The molecule has 0 fully saturated rings. The minimum absolute atomic E-state index is 0.259. The lowest BCUT2D eigenvalue weighted by Crippen LogP contribution is -2.34. The maximum Gasteiger partial charge on any atom is 0.233 e. The van der Waals surface area contributed by atoms with E-state index in [4.69, 9.17) is 5.73 Å². The third-order valence-corrected chi connectivity index (χ3v) is 2.33. The normalized spacial score (nSPS) is 11.4. The summed E-state index contributed by atoms with van der Waals surface area (Å²) in [6.07, 6.45) is 1.87. The second-order valence-electron chi connectivity index (χ2n) is 2.08. The third-order valence-electron chi connectivity index (χ3n) is 1.10. The van der Waals surface area contributed by atoms with E-state index in [2.05, 4.69) is 0 Å². The molecule has 0 aliphatic carbocycles. The van der Waals surface area contributed by atoms with Crippen LogP contribution in [-0.4, -0.2) is 16.9 Å². The van der Waals surface area contributed by atoms with Crippen LogP contribution in [-0.2, 0) is 4.79 Å². The summed E-state index contributed by atoms with van der Waals surface area (Å²) in [6, 6.07) is 0. The molecule has 0 unspecified atom stereocenters. The van der Waals surface area contributed by atoms with Gasteiger partial charge in [-0.25, -0.2) is 0 Å². The van der Waals surface area contributed by atoms with E-state index >= 15 is 0 Å². The second kappa shape index (κ2) is 2.40. The van der Waals surface area contributed by atoms with E-state index in [9.17, 15) is 4.79 Å². The first-order valence-electron chi connectivity index (χ1n) is 2.36. The molecule has 0 saturated heterocycles. The quantitative estimate of drug-likeness (QED) is 0.600. The predicted octanol–water partition coefficient (Wildman–Crippen LogP) is 0.613. The highest BCUT2D eigenvalue weighted by atomic mass is 32.2. The average molecular weight is 133 g/mol. The number of rotatable bonds is 2. The minimum Gasteiger partial charge on any atom is -0.368 e. The van der Waals surface area contributed by atoms with Crippen LogP contribution in [0.3, 0.4) is 0 Å². The van der Waals surface area contributed by atoms with Crippen LogP contribution in [0.25, 0.3) is 0 Å². The molecule has 2 nitrogen and oxygen atoms in total. The van der Waals surface area contributed by atoms with Gasteiger partial charge in [0.15, 0.2) is 0 Å². The molecule has 0 bridgehead atoms. The lowest BCUT2D eigenvalue weighted by molar-refractivity contribution is -0.119. The Bertz CT molecular complexity index is 101. The van der Waals surface area contributed by atoms with Gasteiger partial charge in [0.05, 0.1) is 4.75 Å². The minimum atomic E-state index is -0.403. The smallest absolute Gasteiger partial charge is 0.233 e. The van der Waals surface area contributed by atoms with E-state index in [0.29, 0.717) is 0 Å². The number of carbonyl (C=O) groups is 1. The molecule has 0 atom stereocenters. The molecule has 0 saturated carbocycles. The van der Waals surface area contributed by atoms with Crippen LogP contribution in [0.4, 0.5) is 0 Å². The molecule has 0 heterocycles. The van der Waals surface area contributed by atoms with Crippen LogP contribution in [0.5, 0.6) is 0 Å². The van der Waals surface area contributed by atoms with Gasteiger partial charge in [-0.1, -0.05) is 0 Å². The van der Waals surface area contributed by atoms with Crippen molar-refractivity contribution in [2.24, 2.45) is 5.73 Å². The number of thioether (sulfide) groups is 1. The van der Waals surface area contributed by atoms with Gasteiger partial charge in [0.25, 0.3) is 0 Å². The molecule has 1 amide bonds. The third kappa shape index (κ3) is 1.74. The molecule has 0 radical (unpaired) electrons. The largest absolute Gasteiger partial charge is 0.368 e. The van der Waals surface area contributed by atoms with Gasteiger partial charge in [0.1, 0.15) is 0 Å². The molecule has 0 aliphatic heterocycles. The first-order valence-corrected chi connectivity index (χ1v) is 3.58. The monoisotopic (exact) mass is 133 g/mol. The van der Waals surface area contributed by atoms with Crippen molar-refractivity contribution < 1.29 is 4.79 Å². The number of nitrogens with two attached hydrogens (primary N) is 1. The standard InChI is InChI=1S/C5H11NOS/c1-5(2,8-3)4(6)7/h1-3H3,(H2,6,7). The highest BCUT2D eigenvalue weighted by Crippen LogP contribution is 2.19. The number of primary amides is 1. The van der Waals surface area contributed by atoms with Crippen molar-refractivity contribution in [3.8, 4) is 0 Å². The van der Waals surface area contributed by atoms with Crippen molar-refractivity contribution in [1.29, 1.82) is 0 Å². The van der Waals surface area contributed by atoms with Crippen molar-refractivity contribution >= 4 is 17.7 Å². The topological polar surface area (TPSA) is 43.1 Å². The highest BCUT2D eigenvalue weighted by Gasteiger charge is 2.22. The summed E-state index contributed by atoms with van der Waals surface area (Å²) in [6.45, 7) is 3.61. The Hall–Kier alpha value is -0.180. The number of carbonyl (C=O) groups excluding carboxylic acids is 1. The maximum absolute atomic E-state index is 10.5. The summed E-state index contributed by atoms with van der Waals surface area (Å²) in [5, 5.41) is 0. The Morgan fingerprint density at radius 1 is 1.62 bits per heavy atom. The Kier molecular flexibility index (Phi) is 2.34. The average Bonchev–Trinajstić information content (AvgIpc) is 1.67. The van der Waals surface area contributed by atoms with E-state index in [0.717, 1.165) is 0 Å². The van der Waals surface area contributed by atoms with Crippen molar-refractivity contribution in [3.05, 3.63) is 0 Å². The molecular formula is C5H11NOS. The fraction of sp³-hybridized carbons (Fsp3) is 0.800. The van der Waals surface area contributed by atoms with Crippen LogP contribution in [0, 0.1) is 0 Å². The molecule has 0 rings (SSSR count). The zero-order valence-corrected chi connectivity index (χ0v) is 6.21. The summed E-state index contributed by atoms with van der Waals surface area (Å²) < 4.78 is -0.403. The van der Waals surface area contributed by atoms with Gasteiger partial charge in [-0.2, -0.15) is 0 Å². The van der Waals surface area contributed by atoms with Crippen molar-refractivity contribution in [3.63, 3.8) is 0 Å². The molecule has 48 valence electrons. The van der Waals surface area contributed by atoms with Gasteiger partial charge < -0.3 is 5.73 Å². The number of amides is 1. The fourth-order valence-electron chi connectivity index (χ4n) is 0.101. The van der Waals surface area contributed by atoms with E-state index in [1.807, 2.05) is 6.26 Å². The zero-order chi connectivity index (χ0) is 6.78.